The molecule has 0 bridgehead atoms. The summed E-state index contributed by atoms with van der Waals surface area (Å²) < 4.78 is 0. The first-order chi connectivity index (χ1) is 8.49. The molecule has 0 saturated heterocycles. The maximum absolute atomic E-state index is 11.8. The van der Waals surface area contributed by atoms with Crippen LogP contribution in [-0.4, -0.2) is 34.5 Å². The second-order valence-electron chi connectivity index (χ2n) is 4.59. The van der Waals surface area contributed by atoms with Gasteiger partial charge in [0.2, 0.25) is 5.91 Å². The first-order valence-corrected chi connectivity index (χ1v) is 5.88. The molecule has 1 aliphatic heterocycles. The number of aromatic carboxylic acids is 1. The molecule has 0 radical (unpaired) electrons. The van der Waals surface area contributed by atoms with Crippen LogP contribution in [0.25, 0.3) is 0 Å². The number of fused-ring (bicyclic) bond motifs is 1. The Labute approximate surface area is 105 Å². The highest BCUT2D eigenvalue weighted by Gasteiger charge is 2.23. The molecule has 5 nitrogen and oxygen atoms in total. The molecule has 1 aliphatic rings. The molecule has 1 aromatic carbocycles. The quantitative estimate of drug-likeness (QED) is 0.803. The zero-order chi connectivity index (χ0) is 13.3. The number of amides is 1. The number of hydrogen-bond donors (Lipinski definition) is 2. The van der Waals surface area contributed by atoms with Crippen molar-refractivity contribution in [1.82, 2.24) is 4.90 Å². The van der Waals surface area contributed by atoms with Crippen LogP contribution in [0, 0.1) is 0 Å². The molecular weight excluding hydrogens is 232 g/mol. The van der Waals surface area contributed by atoms with Crippen molar-refractivity contribution < 1.29 is 14.7 Å². The Kier molecular flexibility index (Phi) is 3.34. The van der Waals surface area contributed by atoms with Crippen molar-refractivity contribution in [2.75, 3.05) is 6.54 Å². The van der Waals surface area contributed by atoms with Gasteiger partial charge in [0.25, 0.3) is 0 Å². The van der Waals surface area contributed by atoms with Crippen LogP contribution in [0.4, 0.5) is 0 Å². The number of hydrogen-bond acceptors (Lipinski definition) is 3. The van der Waals surface area contributed by atoms with Gasteiger partial charge in [-0.15, -0.1) is 0 Å². The summed E-state index contributed by atoms with van der Waals surface area (Å²) >= 11 is 0. The van der Waals surface area contributed by atoms with Gasteiger partial charge in [-0.2, -0.15) is 0 Å². The van der Waals surface area contributed by atoms with Crippen molar-refractivity contribution in [1.29, 1.82) is 0 Å². The Morgan fingerprint density at radius 3 is 2.72 bits per heavy atom. The van der Waals surface area contributed by atoms with Crippen molar-refractivity contribution in [3.63, 3.8) is 0 Å². The van der Waals surface area contributed by atoms with Crippen LogP contribution in [0.3, 0.4) is 0 Å². The Morgan fingerprint density at radius 2 is 2.11 bits per heavy atom. The zero-order valence-corrected chi connectivity index (χ0v) is 10.2. The van der Waals surface area contributed by atoms with E-state index in [0.29, 0.717) is 13.1 Å². The summed E-state index contributed by atoms with van der Waals surface area (Å²) in [6.07, 6.45) is 0.744. The number of carbonyl (C=O) groups excluding carboxylic acids is 1. The van der Waals surface area contributed by atoms with Gasteiger partial charge in [0.1, 0.15) is 0 Å². The largest absolute Gasteiger partial charge is 0.478 e. The van der Waals surface area contributed by atoms with Gasteiger partial charge in [-0.1, -0.05) is 6.07 Å². The molecule has 0 aliphatic carbocycles. The number of rotatable bonds is 2. The number of nitrogens with two attached hydrogens (primary N) is 1. The minimum atomic E-state index is -0.951. The van der Waals surface area contributed by atoms with E-state index in [1.807, 2.05) is 6.07 Å². The van der Waals surface area contributed by atoms with Crippen LogP contribution in [0.5, 0.6) is 0 Å². The second kappa shape index (κ2) is 4.78. The van der Waals surface area contributed by atoms with Crippen LogP contribution in [0.1, 0.15) is 28.4 Å². The summed E-state index contributed by atoms with van der Waals surface area (Å²) in [4.78, 5) is 24.4. The maximum Gasteiger partial charge on any atom is 0.335 e. The molecule has 0 aromatic heterocycles. The van der Waals surface area contributed by atoms with Crippen LogP contribution < -0.4 is 5.73 Å². The first kappa shape index (κ1) is 12.6. The SMILES string of the molecule is CC(N)C(=O)N1CCc2ccc(C(=O)O)cc2C1. The van der Waals surface area contributed by atoms with Gasteiger partial charge in [-0.3, -0.25) is 4.79 Å². The maximum atomic E-state index is 11.8. The van der Waals surface area contributed by atoms with E-state index in [9.17, 15) is 9.59 Å². The smallest absolute Gasteiger partial charge is 0.335 e. The van der Waals surface area contributed by atoms with Crippen LogP contribution in [0.15, 0.2) is 18.2 Å². The Hall–Kier alpha value is -1.88. The molecule has 1 atom stereocenters. The van der Waals surface area contributed by atoms with Gasteiger partial charge in [0, 0.05) is 13.1 Å². The molecule has 96 valence electrons. The average molecular weight is 248 g/mol. The Balaban J connectivity index is 2.24. The second-order valence-corrected chi connectivity index (χ2v) is 4.59. The van der Waals surface area contributed by atoms with Crippen LogP contribution in [0.2, 0.25) is 0 Å². The van der Waals surface area contributed by atoms with Crippen molar-refractivity contribution in [2.24, 2.45) is 5.73 Å². The minimum Gasteiger partial charge on any atom is -0.478 e. The molecular formula is C13H16N2O3. The first-order valence-electron chi connectivity index (χ1n) is 5.88. The molecule has 1 heterocycles. The third-order valence-corrected chi connectivity index (χ3v) is 3.17. The van der Waals surface area contributed by atoms with Crippen molar-refractivity contribution in [2.45, 2.75) is 25.9 Å². The lowest BCUT2D eigenvalue weighted by molar-refractivity contribution is -0.133. The van der Waals surface area contributed by atoms with Gasteiger partial charge in [0.15, 0.2) is 0 Å². The monoisotopic (exact) mass is 248 g/mol. The molecule has 18 heavy (non-hydrogen) atoms. The molecule has 1 amide bonds. The lowest BCUT2D eigenvalue weighted by atomic mass is 9.97. The third-order valence-electron chi connectivity index (χ3n) is 3.17. The summed E-state index contributed by atoms with van der Waals surface area (Å²) in [5.74, 6) is -1.05. The summed E-state index contributed by atoms with van der Waals surface area (Å²) in [7, 11) is 0. The Bertz CT molecular complexity index is 497. The summed E-state index contributed by atoms with van der Waals surface area (Å²) in [5.41, 5.74) is 7.84. The van der Waals surface area contributed by atoms with Gasteiger partial charge in [-0.25, -0.2) is 4.79 Å². The van der Waals surface area contributed by atoms with Gasteiger partial charge in [0.05, 0.1) is 11.6 Å². The number of carboxylic acids is 1. The summed E-state index contributed by atoms with van der Waals surface area (Å²) in [6, 6.07) is 4.55. The third kappa shape index (κ3) is 2.36. The van der Waals surface area contributed by atoms with Gasteiger partial charge >= 0.3 is 5.97 Å². The van der Waals surface area contributed by atoms with E-state index in [1.165, 1.54) is 0 Å². The average Bonchev–Trinajstić information content (AvgIpc) is 2.36. The predicted molar refractivity (Wildman–Crippen MR) is 66.2 cm³/mol. The lowest BCUT2D eigenvalue weighted by Gasteiger charge is -2.30. The fraction of sp³-hybridized carbons (Fsp3) is 0.385. The van der Waals surface area contributed by atoms with E-state index in [-0.39, 0.29) is 11.5 Å². The van der Waals surface area contributed by atoms with Crippen molar-refractivity contribution in [3.05, 3.63) is 34.9 Å². The predicted octanol–water partition coefficient (Wildman–Crippen LogP) is 0.617. The highest BCUT2D eigenvalue weighted by molar-refractivity contribution is 5.88. The van der Waals surface area contributed by atoms with Crippen LogP contribution in [-0.2, 0) is 17.8 Å². The molecule has 2 rings (SSSR count). The summed E-state index contributed by atoms with van der Waals surface area (Å²) in [5, 5.41) is 8.95. The fourth-order valence-electron chi connectivity index (χ4n) is 2.17. The molecule has 0 fully saturated rings. The van der Waals surface area contributed by atoms with E-state index in [2.05, 4.69) is 0 Å². The van der Waals surface area contributed by atoms with E-state index < -0.39 is 12.0 Å². The van der Waals surface area contributed by atoms with E-state index in [4.69, 9.17) is 10.8 Å². The topological polar surface area (TPSA) is 83.6 Å². The highest BCUT2D eigenvalue weighted by Crippen LogP contribution is 2.20. The van der Waals surface area contributed by atoms with Crippen molar-refractivity contribution >= 4 is 11.9 Å². The van der Waals surface area contributed by atoms with Crippen LogP contribution >= 0.6 is 0 Å². The van der Waals surface area contributed by atoms with Gasteiger partial charge in [-0.05, 0) is 36.6 Å². The van der Waals surface area contributed by atoms with E-state index >= 15 is 0 Å². The van der Waals surface area contributed by atoms with Crippen molar-refractivity contribution in [3.8, 4) is 0 Å². The molecule has 5 heteroatoms. The highest BCUT2D eigenvalue weighted by atomic mass is 16.4. The lowest BCUT2D eigenvalue weighted by Crippen LogP contribution is -2.44. The van der Waals surface area contributed by atoms with E-state index in [1.54, 1.807) is 24.0 Å². The number of carbonyl (C=O) groups is 2. The normalized spacial score (nSPS) is 16.0. The van der Waals surface area contributed by atoms with Gasteiger partial charge < -0.3 is 15.7 Å². The molecule has 1 unspecified atom stereocenters. The number of nitrogens with zero attached hydrogens (tertiary/aromatic N) is 1. The number of benzene rings is 1. The molecule has 3 N–H and O–H groups in total. The Morgan fingerprint density at radius 1 is 1.39 bits per heavy atom. The molecule has 0 spiro atoms. The summed E-state index contributed by atoms with van der Waals surface area (Å²) in [6.45, 7) is 2.74. The zero-order valence-electron chi connectivity index (χ0n) is 10.2. The fourth-order valence-corrected chi connectivity index (χ4v) is 2.17. The number of carboxylic acid groups (broad SMARTS) is 1. The molecule has 0 saturated carbocycles. The molecule has 1 aromatic rings. The minimum absolute atomic E-state index is 0.0959. The standard InChI is InChI=1S/C13H16N2O3/c1-8(14)12(16)15-5-4-9-2-3-10(13(17)18)6-11(9)7-15/h2-3,6,8H,4-5,7,14H2,1H3,(H,17,18). The van der Waals surface area contributed by atoms with E-state index in [0.717, 1.165) is 17.5 Å².